The van der Waals surface area contributed by atoms with E-state index in [2.05, 4.69) is 4.98 Å². The molecule has 0 bridgehead atoms. The lowest BCUT2D eigenvalue weighted by molar-refractivity contribution is -0.132. The molecule has 2 amide bonds. The highest BCUT2D eigenvalue weighted by atomic mass is 19.2. The number of benzene rings is 2. The van der Waals surface area contributed by atoms with E-state index in [1.807, 2.05) is 28.8 Å². The molecule has 0 unspecified atom stereocenters. The highest BCUT2D eigenvalue weighted by Gasteiger charge is 2.31. The molecule has 0 aliphatic carbocycles. The van der Waals surface area contributed by atoms with Crippen LogP contribution in [0.5, 0.6) is 0 Å². The van der Waals surface area contributed by atoms with Gasteiger partial charge in [-0.2, -0.15) is 0 Å². The Morgan fingerprint density at radius 3 is 2.47 bits per heavy atom. The van der Waals surface area contributed by atoms with Crippen LogP contribution in [0.4, 0.5) is 13.2 Å². The maximum atomic E-state index is 14.1. The smallest absolute Gasteiger partial charge is 0.274 e. The molecule has 1 aromatic heterocycles. The van der Waals surface area contributed by atoms with Crippen molar-refractivity contribution in [3.8, 4) is 5.69 Å². The minimum atomic E-state index is -1.28. The number of nitrogens with two attached hydrogens (primary N) is 1. The van der Waals surface area contributed by atoms with Gasteiger partial charge in [-0.1, -0.05) is 18.2 Å². The Balaban J connectivity index is 1.39. The molecule has 2 aliphatic heterocycles. The number of likely N-dealkylation sites (tertiary alicyclic amines) is 1. The van der Waals surface area contributed by atoms with Gasteiger partial charge in [-0.05, 0) is 42.5 Å². The van der Waals surface area contributed by atoms with Crippen LogP contribution in [0.2, 0.25) is 0 Å². The van der Waals surface area contributed by atoms with Crippen LogP contribution in [0, 0.1) is 17.5 Å². The summed E-state index contributed by atoms with van der Waals surface area (Å²) < 4.78 is 42.8. The number of hydrogen-bond donors (Lipinski definition) is 1. The molecule has 2 aromatic carbocycles. The molecular weight excluding hydrogens is 471 g/mol. The van der Waals surface area contributed by atoms with Gasteiger partial charge in [0.25, 0.3) is 5.91 Å². The van der Waals surface area contributed by atoms with Crippen molar-refractivity contribution >= 4 is 11.8 Å². The Hall–Kier alpha value is -3.66. The van der Waals surface area contributed by atoms with Crippen LogP contribution in [0.15, 0.2) is 42.7 Å². The first-order valence-electron chi connectivity index (χ1n) is 11.9. The lowest BCUT2D eigenvalue weighted by Gasteiger charge is -2.23. The van der Waals surface area contributed by atoms with Gasteiger partial charge in [0.15, 0.2) is 17.3 Å². The molecule has 1 saturated heterocycles. The van der Waals surface area contributed by atoms with E-state index in [1.165, 1.54) is 0 Å². The van der Waals surface area contributed by atoms with Gasteiger partial charge >= 0.3 is 0 Å². The molecule has 5 rings (SSSR count). The number of carbonyl (C=O) groups excluding carboxylic acids is 2. The largest absolute Gasteiger partial charge is 0.337 e. The van der Waals surface area contributed by atoms with Crippen molar-refractivity contribution in [3.63, 3.8) is 0 Å². The second-order valence-electron chi connectivity index (χ2n) is 9.31. The summed E-state index contributed by atoms with van der Waals surface area (Å²) in [4.78, 5) is 34.3. The van der Waals surface area contributed by atoms with Crippen LogP contribution in [-0.4, -0.2) is 50.3 Å². The Labute approximate surface area is 206 Å². The third-order valence-corrected chi connectivity index (χ3v) is 6.78. The van der Waals surface area contributed by atoms with Crippen molar-refractivity contribution in [2.24, 2.45) is 5.73 Å². The van der Waals surface area contributed by atoms with E-state index >= 15 is 0 Å². The van der Waals surface area contributed by atoms with E-state index in [9.17, 15) is 22.8 Å². The SMILES string of the molecule is N[C@@H](CC(=O)N1Cc2ccccc2-n2cnc(C(=O)N3CCCC3)c2C1)Cc1cc(F)c(F)cc1F. The molecule has 0 spiro atoms. The number of carbonyl (C=O) groups is 2. The van der Waals surface area contributed by atoms with Gasteiger partial charge in [0.2, 0.25) is 5.91 Å². The number of hydrogen-bond acceptors (Lipinski definition) is 4. The van der Waals surface area contributed by atoms with Crippen LogP contribution in [0.1, 0.15) is 46.6 Å². The third-order valence-electron chi connectivity index (χ3n) is 6.78. The maximum absolute atomic E-state index is 14.1. The van der Waals surface area contributed by atoms with Crippen molar-refractivity contribution in [1.29, 1.82) is 0 Å². The van der Waals surface area contributed by atoms with Crippen molar-refractivity contribution in [2.75, 3.05) is 13.1 Å². The molecule has 1 fully saturated rings. The Bertz CT molecular complexity index is 1320. The third kappa shape index (κ3) is 4.60. The summed E-state index contributed by atoms with van der Waals surface area (Å²) in [6, 6.07) is 8.01. The van der Waals surface area contributed by atoms with Gasteiger partial charge in [-0.15, -0.1) is 0 Å². The number of fused-ring (bicyclic) bond motifs is 3. The van der Waals surface area contributed by atoms with Gasteiger partial charge in [0, 0.05) is 38.2 Å². The lowest BCUT2D eigenvalue weighted by Crippen LogP contribution is -2.36. The van der Waals surface area contributed by atoms with Crippen LogP contribution in [-0.2, 0) is 24.3 Å². The molecule has 2 aliphatic rings. The first-order valence-corrected chi connectivity index (χ1v) is 11.9. The van der Waals surface area contributed by atoms with Crippen molar-refractivity contribution in [2.45, 2.75) is 44.8 Å². The minimum absolute atomic E-state index is 0.0908. The monoisotopic (exact) mass is 497 g/mol. The van der Waals surface area contributed by atoms with Crippen molar-refractivity contribution in [3.05, 3.63) is 82.7 Å². The zero-order chi connectivity index (χ0) is 25.4. The average Bonchev–Trinajstić information content (AvgIpc) is 3.50. The first-order chi connectivity index (χ1) is 17.3. The molecule has 3 heterocycles. The summed E-state index contributed by atoms with van der Waals surface area (Å²) in [6.45, 7) is 1.80. The average molecular weight is 498 g/mol. The zero-order valence-corrected chi connectivity index (χ0v) is 19.6. The predicted octanol–water partition coefficient (Wildman–Crippen LogP) is 3.33. The van der Waals surface area contributed by atoms with Crippen molar-refractivity contribution in [1.82, 2.24) is 19.4 Å². The molecular formula is C26H26F3N5O2. The number of para-hydroxylation sites is 1. The normalized spacial score (nSPS) is 15.9. The number of halogens is 3. The standard InChI is InChI=1S/C26H26F3N5O2/c27-19-12-21(29)20(28)10-17(19)9-18(30)11-24(35)33-13-16-5-1-2-6-22(16)34-15-31-25(23(34)14-33)26(36)32-7-3-4-8-32/h1-2,5-6,10,12,15,18H,3-4,7-9,11,13-14,30H2/t18-/m1/s1. The van der Waals surface area contributed by atoms with Crippen LogP contribution in [0.3, 0.4) is 0 Å². The fraction of sp³-hybridized carbons (Fsp3) is 0.346. The van der Waals surface area contributed by atoms with Gasteiger partial charge in [0.05, 0.1) is 17.9 Å². The second kappa shape index (κ2) is 9.77. The quantitative estimate of drug-likeness (QED) is 0.548. The highest BCUT2D eigenvalue weighted by Crippen LogP contribution is 2.28. The van der Waals surface area contributed by atoms with Crippen LogP contribution in [0.25, 0.3) is 5.69 Å². The lowest BCUT2D eigenvalue weighted by atomic mass is 10.0. The summed E-state index contributed by atoms with van der Waals surface area (Å²) in [5.74, 6) is -3.81. The number of aromatic nitrogens is 2. The molecule has 1 atom stereocenters. The number of nitrogens with zero attached hydrogens (tertiary/aromatic N) is 4. The summed E-state index contributed by atoms with van der Waals surface area (Å²) in [5, 5.41) is 0. The van der Waals surface area contributed by atoms with Gasteiger partial charge in [-0.25, -0.2) is 18.2 Å². The summed E-state index contributed by atoms with van der Waals surface area (Å²) in [7, 11) is 0. The summed E-state index contributed by atoms with van der Waals surface area (Å²) in [6.07, 6.45) is 3.25. The molecule has 0 saturated carbocycles. The molecule has 36 heavy (non-hydrogen) atoms. The molecule has 0 radical (unpaired) electrons. The molecule has 188 valence electrons. The highest BCUT2D eigenvalue weighted by molar-refractivity contribution is 5.94. The first kappa shape index (κ1) is 24.1. The number of amides is 2. The maximum Gasteiger partial charge on any atom is 0.274 e. The fourth-order valence-corrected chi connectivity index (χ4v) is 4.91. The van der Waals surface area contributed by atoms with Crippen molar-refractivity contribution < 1.29 is 22.8 Å². The van der Waals surface area contributed by atoms with E-state index in [0.717, 1.165) is 30.2 Å². The van der Waals surface area contributed by atoms with Crippen LogP contribution < -0.4 is 5.73 Å². The van der Waals surface area contributed by atoms with Gasteiger partial charge in [0.1, 0.15) is 12.1 Å². The predicted molar refractivity (Wildman–Crippen MR) is 126 cm³/mol. The van der Waals surface area contributed by atoms with E-state index in [-0.39, 0.29) is 36.8 Å². The van der Waals surface area contributed by atoms with Gasteiger partial charge in [-0.3, -0.25) is 9.59 Å². The zero-order valence-electron chi connectivity index (χ0n) is 19.6. The topological polar surface area (TPSA) is 84.5 Å². The molecule has 3 aromatic rings. The summed E-state index contributed by atoms with van der Waals surface area (Å²) >= 11 is 0. The van der Waals surface area contributed by atoms with E-state index in [0.29, 0.717) is 37.1 Å². The number of imidazole rings is 1. The molecule has 2 N–H and O–H groups in total. The minimum Gasteiger partial charge on any atom is -0.337 e. The Morgan fingerprint density at radius 2 is 1.69 bits per heavy atom. The van der Waals surface area contributed by atoms with E-state index in [1.54, 1.807) is 16.1 Å². The fourth-order valence-electron chi connectivity index (χ4n) is 4.91. The Morgan fingerprint density at radius 1 is 0.972 bits per heavy atom. The van der Waals surface area contributed by atoms with Crippen LogP contribution >= 0.6 is 0 Å². The number of rotatable bonds is 5. The molecule has 7 nitrogen and oxygen atoms in total. The summed E-state index contributed by atoms with van der Waals surface area (Å²) in [5.41, 5.74) is 8.69. The van der Waals surface area contributed by atoms with E-state index < -0.39 is 23.5 Å². The van der Waals surface area contributed by atoms with E-state index in [4.69, 9.17) is 5.73 Å². The van der Waals surface area contributed by atoms with Gasteiger partial charge < -0.3 is 20.1 Å². The Kier molecular flexibility index (Phi) is 6.53. The molecule has 10 heteroatoms. The second-order valence-corrected chi connectivity index (χ2v) is 9.31.